The average Bonchev–Trinajstić information content (AvgIpc) is 2.40. The molecule has 0 radical (unpaired) electrons. The Bertz CT molecular complexity index is 441. The minimum atomic E-state index is -0.0104. The summed E-state index contributed by atoms with van der Waals surface area (Å²) < 4.78 is 0. The number of hydrogen-bond acceptors (Lipinski definition) is 2. The van der Waals surface area contributed by atoms with Gasteiger partial charge in [-0.1, -0.05) is 58.2 Å². The number of benzene rings is 1. The van der Waals surface area contributed by atoms with Crippen LogP contribution >= 0.6 is 0 Å². The third-order valence-electron chi connectivity index (χ3n) is 4.55. The molecule has 1 aliphatic carbocycles. The van der Waals surface area contributed by atoms with Crippen molar-refractivity contribution in [3.05, 3.63) is 29.3 Å². The first-order valence-electron chi connectivity index (χ1n) is 7.91. The third kappa shape index (κ3) is 3.54. The van der Waals surface area contributed by atoms with Gasteiger partial charge in [0, 0.05) is 18.2 Å². The first kappa shape index (κ1) is 15.4. The highest BCUT2D eigenvalue weighted by atomic mass is 16.3. The zero-order valence-corrected chi connectivity index (χ0v) is 13.4. The molecule has 0 heterocycles. The minimum absolute atomic E-state index is 0.0104. The number of nitrogens with zero attached hydrogens (tertiary/aromatic N) is 1. The Hall–Kier alpha value is -1.02. The Morgan fingerprint density at radius 3 is 2.40 bits per heavy atom. The van der Waals surface area contributed by atoms with E-state index >= 15 is 0 Å². The molecule has 0 aliphatic heterocycles. The number of hydrogen-bond donors (Lipinski definition) is 1. The lowest BCUT2D eigenvalue weighted by molar-refractivity contribution is 0.183. The quantitative estimate of drug-likeness (QED) is 0.880. The normalized spacial score (nSPS) is 17.6. The fourth-order valence-corrected chi connectivity index (χ4v) is 3.24. The molecule has 1 saturated carbocycles. The van der Waals surface area contributed by atoms with Gasteiger partial charge in [-0.05, 0) is 30.9 Å². The van der Waals surface area contributed by atoms with Crippen LogP contribution in [0.2, 0.25) is 0 Å². The summed E-state index contributed by atoms with van der Waals surface area (Å²) in [5, 5.41) is 10.5. The molecule has 0 aromatic heterocycles. The Labute approximate surface area is 123 Å². The SMILES string of the molecule is CN(Cc1cccc(C(C)(C)C)c1O)C1CCCCC1. The molecule has 20 heavy (non-hydrogen) atoms. The van der Waals surface area contributed by atoms with Crippen LogP contribution in [0.4, 0.5) is 0 Å². The molecule has 1 N–H and O–H groups in total. The summed E-state index contributed by atoms with van der Waals surface area (Å²) in [6.07, 6.45) is 6.69. The van der Waals surface area contributed by atoms with Gasteiger partial charge in [-0.15, -0.1) is 0 Å². The molecule has 0 atom stereocenters. The third-order valence-corrected chi connectivity index (χ3v) is 4.55. The van der Waals surface area contributed by atoms with E-state index in [1.54, 1.807) is 0 Å². The second-order valence-corrected chi connectivity index (χ2v) is 7.27. The summed E-state index contributed by atoms with van der Waals surface area (Å²) >= 11 is 0. The molecule has 112 valence electrons. The number of phenolic OH excluding ortho intramolecular Hbond substituents is 1. The monoisotopic (exact) mass is 275 g/mol. The Morgan fingerprint density at radius 2 is 1.80 bits per heavy atom. The van der Waals surface area contributed by atoms with Crippen LogP contribution in [-0.2, 0) is 12.0 Å². The topological polar surface area (TPSA) is 23.5 Å². The maximum Gasteiger partial charge on any atom is 0.123 e. The van der Waals surface area contributed by atoms with Gasteiger partial charge < -0.3 is 5.11 Å². The van der Waals surface area contributed by atoms with Crippen molar-refractivity contribution in [2.45, 2.75) is 70.9 Å². The van der Waals surface area contributed by atoms with Crippen LogP contribution < -0.4 is 0 Å². The molecule has 0 spiro atoms. The highest BCUT2D eigenvalue weighted by Crippen LogP contribution is 2.34. The van der Waals surface area contributed by atoms with E-state index in [4.69, 9.17) is 0 Å². The van der Waals surface area contributed by atoms with E-state index < -0.39 is 0 Å². The van der Waals surface area contributed by atoms with Crippen LogP contribution in [-0.4, -0.2) is 23.1 Å². The standard InChI is InChI=1S/C18H29NO/c1-18(2,3)16-12-8-9-14(17(16)20)13-19(4)15-10-6-5-7-11-15/h8-9,12,15,20H,5-7,10-11,13H2,1-4H3. The van der Waals surface area contributed by atoms with Crippen molar-refractivity contribution < 1.29 is 5.11 Å². The van der Waals surface area contributed by atoms with Gasteiger partial charge in [-0.25, -0.2) is 0 Å². The molecule has 2 nitrogen and oxygen atoms in total. The Kier molecular flexibility index (Phi) is 4.74. The molecule has 1 fully saturated rings. The molecule has 1 aromatic rings. The van der Waals surface area contributed by atoms with E-state index in [0.717, 1.165) is 17.7 Å². The first-order valence-corrected chi connectivity index (χ1v) is 7.91. The van der Waals surface area contributed by atoms with E-state index in [9.17, 15) is 5.11 Å². The van der Waals surface area contributed by atoms with Gasteiger partial charge in [0.05, 0.1) is 0 Å². The molecule has 2 rings (SSSR count). The minimum Gasteiger partial charge on any atom is -0.507 e. The molecule has 0 amide bonds. The van der Waals surface area contributed by atoms with Crippen molar-refractivity contribution in [1.29, 1.82) is 0 Å². The fraction of sp³-hybridized carbons (Fsp3) is 0.667. The smallest absolute Gasteiger partial charge is 0.123 e. The Balaban J connectivity index is 2.13. The lowest BCUT2D eigenvalue weighted by Crippen LogP contribution is -2.33. The van der Waals surface area contributed by atoms with E-state index in [1.165, 1.54) is 32.1 Å². The van der Waals surface area contributed by atoms with Crippen molar-refractivity contribution in [2.75, 3.05) is 7.05 Å². The van der Waals surface area contributed by atoms with E-state index in [1.807, 2.05) is 6.07 Å². The van der Waals surface area contributed by atoms with E-state index in [2.05, 4.69) is 44.9 Å². The van der Waals surface area contributed by atoms with Crippen LogP contribution in [0.3, 0.4) is 0 Å². The van der Waals surface area contributed by atoms with Crippen molar-refractivity contribution in [2.24, 2.45) is 0 Å². The average molecular weight is 275 g/mol. The zero-order chi connectivity index (χ0) is 14.8. The summed E-state index contributed by atoms with van der Waals surface area (Å²) in [5.74, 6) is 0.489. The van der Waals surface area contributed by atoms with Gasteiger partial charge in [-0.3, -0.25) is 4.90 Å². The van der Waals surface area contributed by atoms with Crippen LogP contribution in [0, 0.1) is 0 Å². The first-order chi connectivity index (χ1) is 9.39. The van der Waals surface area contributed by atoms with Crippen molar-refractivity contribution in [3.8, 4) is 5.75 Å². The van der Waals surface area contributed by atoms with Gasteiger partial charge in [-0.2, -0.15) is 0 Å². The predicted octanol–water partition coefficient (Wildman–Crippen LogP) is 4.45. The number of rotatable bonds is 3. The summed E-state index contributed by atoms with van der Waals surface area (Å²) in [5.41, 5.74) is 2.10. The lowest BCUT2D eigenvalue weighted by Gasteiger charge is -2.32. The van der Waals surface area contributed by atoms with Crippen LogP contribution in [0.1, 0.15) is 64.0 Å². The van der Waals surface area contributed by atoms with Crippen molar-refractivity contribution in [1.82, 2.24) is 4.90 Å². The second kappa shape index (κ2) is 6.17. The number of phenols is 1. The van der Waals surface area contributed by atoms with Gasteiger partial charge in [0.25, 0.3) is 0 Å². The van der Waals surface area contributed by atoms with Crippen molar-refractivity contribution >= 4 is 0 Å². The van der Waals surface area contributed by atoms with Gasteiger partial charge >= 0.3 is 0 Å². The largest absolute Gasteiger partial charge is 0.507 e. The molecular weight excluding hydrogens is 246 g/mol. The van der Waals surface area contributed by atoms with Gasteiger partial charge in [0.1, 0.15) is 5.75 Å². The molecule has 0 saturated heterocycles. The van der Waals surface area contributed by atoms with Gasteiger partial charge in [0.15, 0.2) is 0 Å². The fourth-order valence-electron chi connectivity index (χ4n) is 3.24. The molecule has 0 unspecified atom stereocenters. The predicted molar refractivity (Wildman–Crippen MR) is 85.1 cm³/mol. The molecule has 1 aliphatic rings. The number of para-hydroxylation sites is 1. The van der Waals surface area contributed by atoms with Gasteiger partial charge in [0.2, 0.25) is 0 Å². The van der Waals surface area contributed by atoms with E-state index in [-0.39, 0.29) is 5.41 Å². The highest BCUT2D eigenvalue weighted by molar-refractivity contribution is 5.43. The molecule has 2 heteroatoms. The van der Waals surface area contributed by atoms with Crippen molar-refractivity contribution in [3.63, 3.8) is 0 Å². The summed E-state index contributed by atoms with van der Waals surface area (Å²) in [6.45, 7) is 7.30. The second-order valence-electron chi connectivity index (χ2n) is 7.27. The molecule has 0 bridgehead atoms. The van der Waals surface area contributed by atoms with Crippen LogP contribution in [0.25, 0.3) is 0 Å². The summed E-state index contributed by atoms with van der Waals surface area (Å²) in [4.78, 5) is 2.42. The molecule has 1 aromatic carbocycles. The zero-order valence-electron chi connectivity index (χ0n) is 13.4. The highest BCUT2D eigenvalue weighted by Gasteiger charge is 2.22. The summed E-state index contributed by atoms with van der Waals surface area (Å²) in [7, 11) is 2.19. The van der Waals surface area contributed by atoms with Crippen LogP contribution in [0.5, 0.6) is 5.75 Å². The van der Waals surface area contributed by atoms with E-state index in [0.29, 0.717) is 11.8 Å². The maximum absolute atomic E-state index is 10.5. The number of aromatic hydroxyl groups is 1. The maximum atomic E-state index is 10.5. The lowest BCUT2D eigenvalue weighted by atomic mass is 9.85. The Morgan fingerprint density at radius 1 is 1.15 bits per heavy atom. The van der Waals surface area contributed by atoms with Crippen LogP contribution in [0.15, 0.2) is 18.2 Å². The summed E-state index contributed by atoms with van der Waals surface area (Å²) in [6, 6.07) is 6.86. The molecular formula is C18H29NO.